The number of ether oxygens (including phenoxy) is 2. The molecule has 0 radical (unpaired) electrons. The van der Waals surface area contributed by atoms with Gasteiger partial charge in [0.05, 0.1) is 19.0 Å². The van der Waals surface area contributed by atoms with Crippen LogP contribution in [0.4, 0.5) is 19.1 Å². The number of aromatic nitrogens is 4. The molecule has 0 aliphatic carbocycles. The largest absolute Gasteiger partial charge is 0.491 e. The Balaban J connectivity index is 1.67. The molecular weight excluding hydrogens is 482 g/mol. The van der Waals surface area contributed by atoms with Crippen LogP contribution in [-0.4, -0.2) is 55.8 Å². The molecule has 0 amide bonds. The molecule has 2 aromatic heterocycles. The Kier molecular flexibility index (Phi) is 7.88. The Hall–Kier alpha value is -2.34. The van der Waals surface area contributed by atoms with Gasteiger partial charge in [0, 0.05) is 11.4 Å². The van der Waals surface area contributed by atoms with Crippen molar-refractivity contribution in [2.24, 2.45) is 0 Å². The molecule has 0 bridgehead atoms. The molecule has 33 heavy (non-hydrogen) atoms. The van der Waals surface area contributed by atoms with E-state index in [1.165, 1.54) is 18.1 Å². The summed E-state index contributed by atoms with van der Waals surface area (Å²) in [5.41, 5.74) is 6.75. The molecule has 0 saturated carbocycles. The van der Waals surface area contributed by atoms with Gasteiger partial charge in [-0.15, -0.1) is 0 Å². The van der Waals surface area contributed by atoms with Crippen LogP contribution in [0.25, 0.3) is 11.2 Å². The Morgan fingerprint density at radius 2 is 1.94 bits per heavy atom. The highest BCUT2D eigenvalue weighted by molar-refractivity contribution is 7.99. The first-order valence-electron chi connectivity index (χ1n) is 9.80. The zero-order valence-electron chi connectivity index (χ0n) is 17.8. The minimum absolute atomic E-state index is 0.0254. The number of benzene rings is 1. The molecule has 9 nitrogen and oxygen atoms in total. The van der Waals surface area contributed by atoms with Crippen molar-refractivity contribution in [2.75, 3.05) is 24.9 Å². The summed E-state index contributed by atoms with van der Waals surface area (Å²) in [5, 5.41) is 0.528. The molecule has 3 N–H and O–H groups in total. The van der Waals surface area contributed by atoms with Crippen molar-refractivity contribution in [2.45, 2.75) is 42.6 Å². The van der Waals surface area contributed by atoms with E-state index in [2.05, 4.69) is 15.0 Å². The summed E-state index contributed by atoms with van der Waals surface area (Å²) in [4.78, 5) is 23.0. The first kappa shape index (κ1) is 25.3. The highest BCUT2D eigenvalue weighted by Crippen LogP contribution is 2.45. The lowest BCUT2D eigenvalue weighted by Crippen LogP contribution is -2.17. The van der Waals surface area contributed by atoms with Gasteiger partial charge in [0.15, 0.2) is 5.65 Å². The number of alkyl halides is 3. The topological polar surface area (TPSA) is 125 Å². The van der Waals surface area contributed by atoms with Crippen LogP contribution in [0.15, 0.2) is 40.5 Å². The third kappa shape index (κ3) is 7.60. The lowest BCUT2D eigenvalue weighted by Gasteiger charge is -2.14. The highest BCUT2D eigenvalue weighted by Gasteiger charge is 2.38. The molecular formula is C19H23F3N5O4PS. The van der Waals surface area contributed by atoms with Crippen molar-refractivity contribution in [1.29, 1.82) is 0 Å². The predicted molar refractivity (Wildman–Crippen MR) is 118 cm³/mol. The van der Waals surface area contributed by atoms with E-state index in [-0.39, 0.29) is 25.2 Å². The average Bonchev–Trinajstić information content (AvgIpc) is 3.07. The van der Waals surface area contributed by atoms with E-state index in [9.17, 15) is 22.6 Å². The smallest absolute Gasteiger partial charge is 0.398 e. The van der Waals surface area contributed by atoms with Gasteiger partial charge in [-0.05, 0) is 38.1 Å². The number of halogens is 3. The van der Waals surface area contributed by atoms with Crippen molar-refractivity contribution < 1.29 is 32.1 Å². The van der Waals surface area contributed by atoms with Gasteiger partial charge in [-0.1, -0.05) is 11.8 Å². The molecule has 0 spiro atoms. The van der Waals surface area contributed by atoms with Crippen molar-refractivity contribution in [3.63, 3.8) is 0 Å². The summed E-state index contributed by atoms with van der Waals surface area (Å²) in [7, 11) is -4.46. The summed E-state index contributed by atoms with van der Waals surface area (Å²) in [5.74, 6) is 0.770. The SMILES string of the molecule is CC(C)Oc1ccc(Sc2nc(N)nc3c2ncn3CCOCP(=O)(O)CC(F)(F)F)cc1. The Morgan fingerprint density at radius 3 is 2.58 bits per heavy atom. The summed E-state index contributed by atoms with van der Waals surface area (Å²) in [6.45, 7) is 3.91. The molecule has 180 valence electrons. The lowest BCUT2D eigenvalue weighted by molar-refractivity contribution is -0.108. The second-order valence-corrected chi connectivity index (χ2v) is 10.7. The first-order valence-corrected chi connectivity index (χ1v) is 12.6. The number of nitrogen functional groups attached to an aromatic ring is 1. The van der Waals surface area contributed by atoms with Crippen LogP contribution in [0, 0.1) is 0 Å². The van der Waals surface area contributed by atoms with Crippen molar-refractivity contribution in [3.8, 4) is 5.75 Å². The van der Waals surface area contributed by atoms with Crippen molar-refractivity contribution in [1.82, 2.24) is 19.5 Å². The molecule has 0 saturated heterocycles. The van der Waals surface area contributed by atoms with E-state index in [1.807, 2.05) is 38.1 Å². The van der Waals surface area contributed by atoms with Crippen LogP contribution >= 0.6 is 19.1 Å². The lowest BCUT2D eigenvalue weighted by atomic mass is 10.3. The number of rotatable bonds is 10. The standard InChI is InChI=1S/C19H23F3N5O4PS/c1-12(2)31-13-3-5-14(6-4-13)33-17-15-16(25-18(23)26-17)27(10-24-15)7-8-30-11-32(28,29)9-19(20,21)22/h3-6,10,12H,7-9,11H2,1-2H3,(H,28,29)(H2,23,25,26). The maximum atomic E-state index is 12.3. The van der Waals surface area contributed by atoms with Gasteiger partial charge >= 0.3 is 6.18 Å². The van der Waals surface area contributed by atoms with Crippen LogP contribution < -0.4 is 10.5 Å². The van der Waals surface area contributed by atoms with Gasteiger partial charge in [-0.3, -0.25) is 4.57 Å². The number of fused-ring (bicyclic) bond motifs is 1. The summed E-state index contributed by atoms with van der Waals surface area (Å²) >= 11 is 1.34. The molecule has 1 atom stereocenters. The summed E-state index contributed by atoms with van der Waals surface area (Å²) in [6.07, 6.45) is -5.89. The zero-order valence-corrected chi connectivity index (χ0v) is 19.5. The van der Waals surface area contributed by atoms with Crippen LogP contribution in [0.5, 0.6) is 5.75 Å². The zero-order chi connectivity index (χ0) is 24.2. The second kappa shape index (κ2) is 10.3. The van der Waals surface area contributed by atoms with E-state index in [0.717, 1.165) is 10.6 Å². The predicted octanol–water partition coefficient (Wildman–Crippen LogP) is 4.15. The molecule has 14 heteroatoms. The van der Waals surface area contributed by atoms with Gasteiger partial charge in [0.2, 0.25) is 13.3 Å². The normalized spacial score (nSPS) is 14.0. The van der Waals surface area contributed by atoms with E-state index < -0.39 is 26.1 Å². The monoisotopic (exact) mass is 505 g/mol. The van der Waals surface area contributed by atoms with Gasteiger partial charge in [0.25, 0.3) is 0 Å². The first-order chi connectivity index (χ1) is 15.4. The third-order valence-corrected chi connectivity index (χ3v) is 6.48. The van der Waals surface area contributed by atoms with Crippen molar-refractivity contribution >= 4 is 36.2 Å². The van der Waals surface area contributed by atoms with Crippen LogP contribution in [-0.2, 0) is 15.8 Å². The fraction of sp³-hybridized carbons (Fsp3) is 0.421. The second-order valence-electron chi connectivity index (χ2n) is 7.39. The van der Waals surface area contributed by atoms with Crippen LogP contribution in [0.1, 0.15) is 13.8 Å². The van der Waals surface area contributed by atoms with E-state index in [4.69, 9.17) is 15.2 Å². The third-order valence-electron chi connectivity index (χ3n) is 4.06. The van der Waals surface area contributed by atoms with Crippen LogP contribution in [0.3, 0.4) is 0 Å². The summed E-state index contributed by atoms with van der Waals surface area (Å²) < 4.78 is 60.8. The fourth-order valence-electron chi connectivity index (χ4n) is 2.84. The summed E-state index contributed by atoms with van der Waals surface area (Å²) in [6, 6.07) is 7.45. The Morgan fingerprint density at radius 1 is 1.24 bits per heavy atom. The number of nitrogens with two attached hydrogens (primary N) is 1. The maximum Gasteiger partial charge on any atom is 0.398 e. The molecule has 3 rings (SSSR count). The molecule has 2 heterocycles. The minimum Gasteiger partial charge on any atom is -0.491 e. The molecule has 0 aliphatic rings. The quantitative estimate of drug-likeness (QED) is 0.237. The number of nitrogens with zero attached hydrogens (tertiary/aromatic N) is 4. The number of hydrogen-bond acceptors (Lipinski definition) is 8. The van der Waals surface area contributed by atoms with Gasteiger partial charge < -0.3 is 24.7 Å². The molecule has 0 fully saturated rings. The number of hydrogen-bond donors (Lipinski definition) is 2. The van der Waals surface area contributed by atoms with Crippen LogP contribution in [0.2, 0.25) is 0 Å². The molecule has 3 aromatic rings. The van der Waals surface area contributed by atoms with E-state index in [0.29, 0.717) is 16.2 Å². The average molecular weight is 505 g/mol. The molecule has 1 unspecified atom stereocenters. The Bertz CT molecular complexity index is 1140. The molecule has 0 aliphatic heterocycles. The number of imidazole rings is 1. The van der Waals surface area contributed by atoms with E-state index in [1.54, 1.807) is 4.57 Å². The minimum atomic E-state index is -4.74. The molecule has 1 aromatic carbocycles. The highest BCUT2D eigenvalue weighted by atomic mass is 32.2. The van der Waals surface area contributed by atoms with Gasteiger partial charge in [-0.25, -0.2) is 9.97 Å². The number of anilines is 1. The Labute approximate surface area is 192 Å². The van der Waals surface area contributed by atoms with Gasteiger partial charge in [0.1, 0.15) is 28.8 Å². The van der Waals surface area contributed by atoms with Crippen molar-refractivity contribution in [3.05, 3.63) is 30.6 Å². The fourth-order valence-corrected chi connectivity index (χ4v) is 4.78. The van der Waals surface area contributed by atoms with Gasteiger partial charge in [-0.2, -0.15) is 18.2 Å². The van der Waals surface area contributed by atoms with E-state index >= 15 is 0 Å². The maximum absolute atomic E-state index is 12.3.